The first kappa shape index (κ1) is 18.0. The molecule has 0 fully saturated rings. The lowest BCUT2D eigenvalue weighted by Gasteiger charge is -2.19. The highest BCUT2D eigenvalue weighted by Gasteiger charge is 2.19. The van der Waals surface area contributed by atoms with Gasteiger partial charge in [0, 0.05) is 17.6 Å². The van der Waals surface area contributed by atoms with E-state index in [4.69, 9.17) is 0 Å². The topological polar surface area (TPSA) is 46.4 Å². The second kappa shape index (κ2) is 7.69. The molecule has 4 heteroatoms. The van der Waals surface area contributed by atoms with Gasteiger partial charge in [-0.1, -0.05) is 60.7 Å². The number of aryl methyl sites for hydroxylation is 2. The highest BCUT2D eigenvalue weighted by atomic mass is 16.1. The van der Waals surface area contributed by atoms with Gasteiger partial charge in [-0.05, 0) is 43.5 Å². The van der Waals surface area contributed by atoms with Gasteiger partial charge in [0.25, 0.3) is 5.91 Å². The fraction of sp³-hybridized carbons (Fsp3) is 0.167. The van der Waals surface area contributed by atoms with Crippen LogP contribution in [0, 0.1) is 13.8 Å². The quantitative estimate of drug-likeness (QED) is 0.556. The molecule has 1 amide bonds. The van der Waals surface area contributed by atoms with Crippen LogP contribution in [0.2, 0.25) is 0 Å². The van der Waals surface area contributed by atoms with Gasteiger partial charge in [-0.2, -0.15) is 0 Å². The van der Waals surface area contributed by atoms with Crippen LogP contribution < -0.4 is 5.32 Å². The maximum absolute atomic E-state index is 13.2. The van der Waals surface area contributed by atoms with E-state index < -0.39 is 0 Å². The zero-order valence-electron chi connectivity index (χ0n) is 16.1. The lowest BCUT2D eigenvalue weighted by molar-refractivity contribution is 0.0938. The number of rotatable bonds is 5. The van der Waals surface area contributed by atoms with Crippen molar-refractivity contribution in [3.05, 3.63) is 107 Å². The van der Waals surface area contributed by atoms with E-state index in [0.717, 1.165) is 23.4 Å². The molecule has 2 aromatic carbocycles. The molecule has 140 valence electrons. The Labute approximate surface area is 164 Å². The Morgan fingerprint density at radius 2 is 1.68 bits per heavy atom. The summed E-state index contributed by atoms with van der Waals surface area (Å²) in [7, 11) is 0. The normalized spacial score (nSPS) is 12.1. The van der Waals surface area contributed by atoms with Crippen molar-refractivity contribution in [3.63, 3.8) is 0 Å². The van der Waals surface area contributed by atoms with E-state index in [1.807, 2.05) is 73.0 Å². The second-order valence-corrected chi connectivity index (χ2v) is 7.09. The van der Waals surface area contributed by atoms with Crippen LogP contribution in [-0.2, 0) is 6.42 Å². The molecule has 0 saturated carbocycles. The summed E-state index contributed by atoms with van der Waals surface area (Å²) < 4.78 is 1.95. The van der Waals surface area contributed by atoms with Gasteiger partial charge in [-0.15, -0.1) is 0 Å². The van der Waals surface area contributed by atoms with Crippen LogP contribution in [0.1, 0.15) is 38.9 Å². The van der Waals surface area contributed by atoms with Crippen LogP contribution in [0.3, 0.4) is 0 Å². The maximum atomic E-state index is 13.2. The Morgan fingerprint density at radius 3 is 2.39 bits per heavy atom. The van der Waals surface area contributed by atoms with Gasteiger partial charge in [0.2, 0.25) is 0 Å². The summed E-state index contributed by atoms with van der Waals surface area (Å²) in [6.07, 6.45) is 2.63. The first-order valence-electron chi connectivity index (χ1n) is 9.47. The fourth-order valence-electron chi connectivity index (χ4n) is 3.59. The molecule has 2 heterocycles. The number of hydrogen-bond donors (Lipinski definition) is 1. The number of hydrogen-bond acceptors (Lipinski definition) is 2. The molecule has 0 radical (unpaired) electrons. The lowest BCUT2D eigenvalue weighted by Crippen LogP contribution is -2.30. The number of carbonyl (C=O) groups is 1. The summed E-state index contributed by atoms with van der Waals surface area (Å²) in [5.41, 5.74) is 5.53. The molecule has 0 aliphatic carbocycles. The van der Waals surface area contributed by atoms with Crippen molar-refractivity contribution in [1.29, 1.82) is 0 Å². The van der Waals surface area contributed by atoms with Gasteiger partial charge in [-0.25, -0.2) is 4.98 Å². The molecular formula is C24H23N3O. The Hall–Kier alpha value is -3.40. The molecule has 2 aromatic heterocycles. The molecule has 4 aromatic rings. The summed E-state index contributed by atoms with van der Waals surface area (Å²) in [5, 5.41) is 3.22. The van der Waals surface area contributed by atoms with Crippen molar-refractivity contribution in [2.45, 2.75) is 26.3 Å². The van der Waals surface area contributed by atoms with Gasteiger partial charge < -0.3 is 9.72 Å². The number of amides is 1. The van der Waals surface area contributed by atoms with Crippen molar-refractivity contribution < 1.29 is 4.79 Å². The molecule has 0 bridgehead atoms. The molecule has 0 aliphatic rings. The molecule has 4 nitrogen and oxygen atoms in total. The molecule has 1 atom stereocenters. The van der Waals surface area contributed by atoms with Gasteiger partial charge in [-0.3, -0.25) is 4.79 Å². The number of carbonyl (C=O) groups excluding carboxylic acids is 1. The summed E-state index contributed by atoms with van der Waals surface area (Å²) in [4.78, 5) is 17.7. The molecule has 1 unspecified atom stereocenters. The van der Waals surface area contributed by atoms with Gasteiger partial charge in [0.05, 0.1) is 11.6 Å². The Kier molecular flexibility index (Phi) is 4.94. The van der Waals surface area contributed by atoms with Crippen molar-refractivity contribution in [2.24, 2.45) is 0 Å². The Morgan fingerprint density at radius 1 is 1.00 bits per heavy atom. The van der Waals surface area contributed by atoms with Crippen molar-refractivity contribution >= 4 is 11.6 Å². The maximum Gasteiger partial charge on any atom is 0.255 e. The lowest BCUT2D eigenvalue weighted by atomic mass is 9.98. The van der Waals surface area contributed by atoms with Crippen LogP contribution >= 0.6 is 0 Å². The average molecular weight is 369 g/mol. The van der Waals surface area contributed by atoms with E-state index in [1.54, 1.807) is 0 Å². The monoisotopic (exact) mass is 369 g/mol. The summed E-state index contributed by atoms with van der Waals surface area (Å²) >= 11 is 0. The molecule has 0 saturated heterocycles. The number of aromatic nitrogens is 2. The average Bonchev–Trinajstić information content (AvgIpc) is 3.13. The second-order valence-electron chi connectivity index (χ2n) is 7.09. The van der Waals surface area contributed by atoms with Crippen LogP contribution in [0.5, 0.6) is 0 Å². The van der Waals surface area contributed by atoms with E-state index in [-0.39, 0.29) is 11.9 Å². The third-order valence-electron chi connectivity index (χ3n) is 4.97. The first-order valence-corrected chi connectivity index (χ1v) is 9.47. The van der Waals surface area contributed by atoms with E-state index in [0.29, 0.717) is 11.2 Å². The smallest absolute Gasteiger partial charge is 0.255 e. The third-order valence-corrected chi connectivity index (χ3v) is 4.97. The van der Waals surface area contributed by atoms with E-state index in [9.17, 15) is 4.79 Å². The standard InChI is InChI=1S/C24H23N3O/c1-17-15-18(2)27-14-13-21(23(27)25-17)24(28)26-22(20-11-7-4-8-12-20)16-19-9-5-3-6-10-19/h3-15,22H,16H2,1-2H3,(H,26,28). The zero-order chi connectivity index (χ0) is 19.5. The highest BCUT2D eigenvalue weighted by molar-refractivity contribution is 6.00. The molecule has 0 aliphatic heterocycles. The minimum atomic E-state index is -0.114. The Balaban J connectivity index is 1.66. The summed E-state index contributed by atoms with van der Waals surface area (Å²) in [5.74, 6) is -0.107. The summed E-state index contributed by atoms with van der Waals surface area (Å²) in [6.45, 7) is 3.97. The van der Waals surface area contributed by atoms with Crippen molar-refractivity contribution in [1.82, 2.24) is 14.7 Å². The van der Waals surface area contributed by atoms with E-state index in [2.05, 4.69) is 34.6 Å². The molecule has 0 spiro atoms. The van der Waals surface area contributed by atoms with Crippen LogP contribution in [-0.4, -0.2) is 15.3 Å². The SMILES string of the molecule is Cc1cc(C)n2ccc(C(=O)NC(Cc3ccccc3)c3ccccc3)c2n1. The van der Waals surface area contributed by atoms with Crippen molar-refractivity contribution in [2.75, 3.05) is 0 Å². The minimum absolute atomic E-state index is 0.107. The summed E-state index contributed by atoms with van der Waals surface area (Å²) in [6, 6.07) is 24.1. The zero-order valence-corrected chi connectivity index (χ0v) is 16.1. The number of nitrogens with zero attached hydrogens (tertiary/aromatic N) is 2. The Bertz CT molecular complexity index is 1100. The van der Waals surface area contributed by atoms with Crippen LogP contribution in [0.4, 0.5) is 0 Å². The van der Waals surface area contributed by atoms with Crippen molar-refractivity contribution in [3.8, 4) is 0 Å². The molecule has 28 heavy (non-hydrogen) atoms. The van der Waals surface area contributed by atoms with Gasteiger partial charge in [0.1, 0.15) is 5.65 Å². The predicted octanol–water partition coefficient (Wildman–Crippen LogP) is 4.66. The molecule has 4 rings (SSSR count). The molecule has 1 N–H and O–H groups in total. The number of nitrogens with one attached hydrogen (secondary N) is 1. The van der Waals surface area contributed by atoms with Gasteiger partial charge >= 0.3 is 0 Å². The number of benzene rings is 2. The first-order chi connectivity index (χ1) is 13.6. The van der Waals surface area contributed by atoms with Crippen LogP contribution in [0.25, 0.3) is 5.65 Å². The van der Waals surface area contributed by atoms with Crippen LogP contribution in [0.15, 0.2) is 79.0 Å². The largest absolute Gasteiger partial charge is 0.345 e. The fourth-order valence-corrected chi connectivity index (χ4v) is 3.59. The number of fused-ring (bicyclic) bond motifs is 1. The third kappa shape index (κ3) is 3.67. The predicted molar refractivity (Wildman–Crippen MR) is 111 cm³/mol. The minimum Gasteiger partial charge on any atom is -0.345 e. The highest BCUT2D eigenvalue weighted by Crippen LogP contribution is 2.21. The van der Waals surface area contributed by atoms with E-state index in [1.165, 1.54) is 5.56 Å². The van der Waals surface area contributed by atoms with E-state index >= 15 is 0 Å². The molecular weight excluding hydrogens is 346 g/mol. The van der Waals surface area contributed by atoms with Gasteiger partial charge in [0.15, 0.2) is 0 Å².